The van der Waals surface area contributed by atoms with Crippen molar-refractivity contribution in [3.05, 3.63) is 115 Å². The van der Waals surface area contributed by atoms with Gasteiger partial charge in [-0.15, -0.1) is 0 Å². The van der Waals surface area contributed by atoms with Crippen molar-refractivity contribution < 1.29 is 0 Å². The van der Waals surface area contributed by atoms with Gasteiger partial charge in [0.15, 0.2) is 11.6 Å². The Morgan fingerprint density at radius 2 is 1.00 bits per heavy atom. The first-order valence-corrected chi connectivity index (χ1v) is 14.4. The maximum absolute atomic E-state index is 10.2. The summed E-state index contributed by atoms with van der Waals surface area (Å²) in [4.78, 5) is 34.0. The standard InChI is InChI=1S/C36H22N10/c1-17-41-18(2)44-35(43-17)21-7-9-25-23(11-21)13-27-31(29(15-37)39-5)28-14-24-12-22(36-45-19(3)42-20(4)46-36)8-10-26(24)33(28)34(32(25)27)30(16-38)40-6/h7-12H,13-14H2,1-4H3. The Morgan fingerprint density at radius 3 is 1.37 bits per heavy atom. The summed E-state index contributed by atoms with van der Waals surface area (Å²) in [6.45, 7) is 23.2. The highest BCUT2D eigenvalue weighted by Gasteiger charge is 2.32. The number of hydrogen-bond acceptors (Lipinski definition) is 8. The van der Waals surface area contributed by atoms with Crippen LogP contribution in [0.25, 0.3) is 66.1 Å². The smallest absolute Gasteiger partial charge is 0.226 e. The van der Waals surface area contributed by atoms with E-state index in [9.17, 15) is 10.5 Å². The Labute approximate surface area is 264 Å². The molecule has 5 aromatic rings. The van der Waals surface area contributed by atoms with Gasteiger partial charge in [0, 0.05) is 16.3 Å². The number of aromatic nitrogens is 6. The van der Waals surface area contributed by atoms with Crippen molar-refractivity contribution in [2.75, 3.05) is 0 Å². The van der Waals surface area contributed by atoms with Gasteiger partial charge in [-0.3, -0.25) is 0 Å². The Kier molecular flexibility index (Phi) is 6.45. The highest BCUT2D eigenvalue weighted by atomic mass is 15.0. The molecule has 0 saturated carbocycles. The molecular formula is C36H22N10. The SMILES string of the molecule is [C-]#[N+]C(C#N)=c1c2c(c(=C(C#N)[N+]#[C-])c3c1Cc1cc(-c4nc(C)nc(C)n4)ccc1-3)-c1ccc(-c3nc(C)nc(C)n3)cc1C2. The van der Waals surface area contributed by atoms with E-state index in [-0.39, 0.29) is 11.4 Å². The van der Waals surface area contributed by atoms with Gasteiger partial charge in [-0.25, -0.2) is 50.1 Å². The second kappa shape index (κ2) is 10.5. The molecule has 0 unspecified atom stereocenters. The number of nitriles is 2. The molecule has 2 aliphatic rings. The third-order valence-electron chi connectivity index (χ3n) is 8.33. The predicted molar refractivity (Wildman–Crippen MR) is 170 cm³/mol. The molecule has 0 bridgehead atoms. The van der Waals surface area contributed by atoms with Crippen molar-refractivity contribution in [1.29, 1.82) is 10.5 Å². The lowest BCUT2D eigenvalue weighted by Crippen LogP contribution is -2.25. The minimum Gasteiger partial charge on any atom is -0.226 e. The molecular weight excluding hydrogens is 572 g/mol. The van der Waals surface area contributed by atoms with Gasteiger partial charge in [0.1, 0.15) is 23.3 Å². The molecule has 2 aliphatic carbocycles. The van der Waals surface area contributed by atoms with Crippen LogP contribution in [0.4, 0.5) is 0 Å². The Morgan fingerprint density at radius 1 is 0.609 bits per heavy atom. The van der Waals surface area contributed by atoms with E-state index in [1.54, 1.807) is 0 Å². The van der Waals surface area contributed by atoms with Gasteiger partial charge < -0.3 is 0 Å². The molecule has 0 saturated heterocycles. The predicted octanol–water partition coefficient (Wildman–Crippen LogP) is 4.87. The normalized spacial score (nSPS) is 11.7. The van der Waals surface area contributed by atoms with E-state index in [1.165, 1.54) is 0 Å². The molecule has 7 rings (SSSR count). The highest BCUT2D eigenvalue weighted by Crippen LogP contribution is 2.42. The van der Waals surface area contributed by atoms with Gasteiger partial charge in [0.25, 0.3) is 11.4 Å². The number of rotatable bonds is 2. The number of hydrogen-bond donors (Lipinski definition) is 0. The minimum atomic E-state index is -0.0401. The van der Waals surface area contributed by atoms with Gasteiger partial charge in [-0.1, -0.05) is 24.3 Å². The summed E-state index contributed by atoms with van der Waals surface area (Å²) in [6.07, 6.45) is 0.833. The third-order valence-corrected chi connectivity index (χ3v) is 8.33. The molecule has 0 fully saturated rings. The summed E-state index contributed by atoms with van der Waals surface area (Å²) in [5.41, 5.74) is 8.09. The molecule has 216 valence electrons. The molecule has 10 nitrogen and oxygen atoms in total. The number of aryl methyl sites for hydroxylation is 4. The van der Waals surface area contributed by atoms with Crippen molar-refractivity contribution in [3.63, 3.8) is 0 Å². The van der Waals surface area contributed by atoms with Crippen LogP contribution in [-0.2, 0) is 12.8 Å². The average molecular weight is 595 g/mol. The Balaban J connectivity index is 1.55. The Hall–Kier alpha value is -6.62. The van der Waals surface area contributed by atoms with Gasteiger partial charge in [-0.05, 0) is 102 Å². The van der Waals surface area contributed by atoms with Gasteiger partial charge >= 0.3 is 0 Å². The largest absolute Gasteiger partial charge is 0.270 e. The number of fused-ring (bicyclic) bond motifs is 6. The van der Waals surface area contributed by atoms with E-state index < -0.39 is 0 Å². The van der Waals surface area contributed by atoms with Crippen LogP contribution in [-0.4, -0.2) is 29.9 Å². The van der Waals surface area contributed by atoms with Crippen molar-refractivity contribution in [3.8, 4) is 57.2 Å². The highest BCUT2D eigenvalue weighted by molar-refractivity contribution is 5.94. The molecule has 46 heavy (non-hydrogen) atoms. The monoisotopic (exact) mass is 594 g/mol. The molecule has 3 aromatic carbocycles. The van der Waals surface area contributed by atoms with Gasteiger partial charge in [0.05, 0.1) is 25.3 Å². The summed E-state index contributed by atoms with van der Waals surface area (Å²) >= 11 is 0. The first-order valence-electron chi connectivity index (χ1n) is 14.4. The quantitative estimate of drug-likeness (QED) is 0.259. The molecule has 0 amide bonds. The van der Waals surface area contributed by atoms with Crippen LogP contribution in [0.15, 0.2) is 36.4 Å². The maximum atomic E-state index is 10.2. The van der Waals surface area contributed by atoms with Crippen molar-refractivity contribution in [2.24, 2.45) is 0 Å². The number of benzene rings is 3. The van der Waals surface area contributed by atoms with Gasteiger partial charge in [-0.2, -0.15) is 0 Å². The third kappa shape index (κ3) is 4.29. The van der Waals surface area contributed by atoms with Crippen molar-refractivity contribution in [1.82, 2.24) is 29.9 Å². The molecule has 0 spiro atoms. The zero-order valence-electron chi connectivity index (χ0n) is 25.4. The van der Waals surface area contributed by atoms with Crippen LogP contribution >= 0.6 is 0 Å². The zero-order valence-corrected chi connectivity index (χ0v) is 25.4. The van der Waals surface area contributed by atoms with E-state index in [1.807, 2.05) is 64.1 Å². The zero-order chi connectivity index (χ0) is 32.3. The van der Waals surface area contributed by atoms with E-state index >= 15 is 0 Å². The van der Waals surface area contributed by atoms with E-state index in [4.69, 9.17) is 13.1 Å². The van der Waals surface area contributed by atoms with Crippen LogP contribution in [0.2, 0.25) is 0 Å². The molecule has 0 atom stereocenters. The van der Waals surface area contributed by atoms with Crippen molar-refractivity contribution in [2.45, 2.75) is 40.5 Å². The summed E-state index contributed by atoms with van der Waals surface area (Å²) in [7, 11) is 0. The minimum absolute atomic E-state index is 0.0196. The molecule has 0 aliphatic heterocycles. The van der Waals surface area contributed by atoms with Crippen LogP contribution in [0.1, 0.15) is 45.6 Å². The van der Waals surface area contributed by atoms with E-state index in [0.717, 1.165) is 44.5 Å². The molecule has 2 aromatic heterocycles. The second-order valence-corrected chi connectivity index (χ2v) is 11.2. The van der Waals surface area contributed by atoms with E-state index in [0.29, 0.717) is 69.4 Å². The summed E-state index contributed by atoms with van der Waals surface area (Å²) in [5, 5.41) is 21.5. The second-order valence-electron chi connectivity index (χ2n) is 11.2. The first-order chi connectivity index (χ1) is 22.2. The fraction of sp³-hybridized carbons (Fsp3) is 0.167. The average Bonchev–Trinajstić information content (AvgIpc) is 3.60. The summed E-state index contributed by atoms with van der Waals surface area (Å²) in [6, 6.07) is 16.0. The van der Waals surface area contributed by atoms with Crippen LogP contribution in [0, 0.1) is 63.5 Å². The maximum Gasteiger partial charge on any atom is 0.270 e. The summed E-state index contributed by atoms with van der Waals surface area (Å²) < 4.78 is 0. The molecule has 10 heteroatoms. The van der Waals surface area contributed by atoms with Crippen LogP contribution in [0.5, 0.6) is 0 Å². The van der Waals surface area contributed by atoms with Crippen molar-refractivity contribution >= 4 is 11.4 Å². The summed E-state index contributed by atoms with van der Waals surface area (Å²) in [5.74, 6) is 3.57. The molecule has 2 heterocycles. The van der Waals surface area contributed by atoms with Crippen LogP contribution in [0.3, 0.4) is 0 Å². The van der Waals surface area contributed by atoms with Crippen LogP contribution < -0.4 is 10.4 Å². The first kappa shape index (κ1) is 28.2. The number of nitrogens with zero attached hydrogens (tertiary/aromatic N) is 10. The molecule has 0 radical (unpaired) electrons. The fourth-order valence-electron chi connectivity index (χ4n) is 6.72. The lowest BCUT2D eigenvalue weighted by molar-refractivity contribution is 0.927. The van der Waals surface area contributed by atoms with E-state index in [2.05, 4.69) is 51.7 Å². The lowest BCUT2D eigenvalue weighted by atomic mass is 9.90. The fourth-order valence-corrected chi connectivity index (χ4v) is 6.72. The lowest BCUT2D eigenvalue weighted by Gasteiger charge is -2.13. The topological polar surface area (TPSA) is 134 Å². The Bertz CT molecular complexity index is 2310. The van der Waals surface area contributed by atoms with Gasteiger partial charge in [0.2, 0.25) is 0 Å². The molecule has 0 N–H and O–H groups in total.